The molecule has 2 N–H and O–H groups in total. The topological polar surface area (TPSA) is 58.2 Å². The molecule has 3 aromatic rings. The molecule has 0 fully saturated rings. The van der Waals surface area contributed by atoms with Crippen molar-refractivity contribution >= 4 is 45.0 Å². The lowest BCUT2D eigenvalue weighted by molar-refractivity contribution is -0.137. The second kappa shape index (κ2) is 8.62. The number of benzene rings is 3. The van der Waals surface area contributed by atoms with Crippen molar-refractivity contribution in [2.24, 2.45) is 0 Å². The molecule has 176 valence electrons. The normalized spacial score (nSPS) is 15.2. The van der Waals surface area contributed by atoms with Gasteiger partial charge in [-0.25, -0.2) is 13.2 Å². The zero-order valence-electron chi connectivity index (χ0n) is 16.5. The van der Waals surface area contributed by atoms with E-state index in [1.54, 1.807) is 0 Å². The number of carbonyl (C=O) groups excluding carboxylic acids is 2. The van der Waals surface area contributed by atoms with Gasteiger partial charge in [-0.2, -0.15) is 13.2 Å². The maximum Gasteiger partial charge on any atom is 0.416 e. The summed E-state index contributed by atoms with van der Waals surface area (Å²) in [6.07, 6.45) is -4.90. The fraction of sp³-hybridized carbons (Fsp3) is 0.0909. The molecule has 1 aliphatic heterocycles. The third-order valence-corrected chi connectivity index (χ3v) is 5.88. The quantitative estimate of drug-likeness (QED) is 0.278. The van der Waals surface area contributed by atoms with Crippen molar-refractivity contribution in [2.45, 2.75) is 12.2 Å². The molecular weight excluding hydrogens is 554 g/mol. The maximum absolute atomic E-state index is 14.0. The molecule has 34 heavy (non-hydrogen) atoms. The van der Waals surface area contributed by atoms with Crippen LogP contribution in [-0.4, -0.2) is 11.8 Å². The predicted molar refractivity (Wildman–Crippen MR) is 114 cm³/mol. The van der Waals surface area contributed by atoms with E-state index >= 15 is 0 Å². The molecule has 4 rings (SSSR count). The lowest BCUT2D eigenvalue weighted by Crippen LogP contribution is -2.21. The van der Waals surface area contributed by atoms with Gasteiger partial charge in [0, 0.05) is 38.5 Å². The van der Waals surface area contributed by atoms with Crippen molar-refractivity contribution in [1.82, 2.24) is 5.32 Å². The minimum absolute atomic E-state index is 0.0191. The first kappa shape index (κ1) is 24.1. The monoisotopic (exact) mass is 562 g/mol. The summed E-state index contributed by atoms with van der Waals surface area (Å²) >= 11 is 9.15. The van der Waals surface area contributed by atoms with Gasteiger partial charge in [0.2, 0.25) is 0 Å². The summed E-state index contributed by atoms with van der Waals surface area (Å²) in [6, 6.07) is 4.30. The Morgan fingerprint density at radius 2 is 1.68 bits per heavy atom. The van der Waals surface area contributed by atoms with Crippen LogP contribution in [0.4, 0.5) is 32.0 Å². The number of fused-ring (bicyclic) bond motifs is 1. The highest BCUT2D eigenvalue weighted by atomic mass is 79.9. The van der Waals surface area contributed by atoms with Crippen LogP contribution in [0.5, 0.6) is 0 Å². The lowest BCUT2D eigenvalue weighted by Gasteiger charge is -2.19. The van der Waals surface area contributed by atoms with E-state index in [-0.39, 0.29) is 28.4 Å². The first-order valence-corrected chi connectivity index (χ1v) is 10.5. The molecule has 1 atom stereocenters. The molecule has 1 aliphatic rings. The van der Waals surface area contributed by atoms with Crippen LogP contribution in [0.3, 0.4) is 0 Å². The first-order chi connectivity index (χ1) is 15.8. The average molecular weight is 564 g/mol. The van der Waals surface area contributed by atoms with Crippen molar-refractivity contribution in [2.75, 3.05) is 5.32 Å². The van der Waals surface area contributed by atoms with E-state index in [4.69, 9.17) is 11.6 Å². The minimum Gasteiger partial charge on any atom is -0.341 e. The number of hydrogen-bond donors (Lipinski definition) is 2. The third-order valence-electron chi connectivity index (χ3n) is 5.02. The Labute approximate surface area is 201 Å². The number of anilines is 1. The molecule has 0 radical (unpaired) electrons. The molecule has 0 unspecified atom stereocenters. The van der Waals surface area contributed by atoms with E-state index in [9.17, 15) is 35.9 Å². The summed E-state index contributed by atoms with van der Waals surface area (Å²) in [4.78, 5) is 25.3. The molecule has 2 amide bonds. The minimum atomic E-state index is -4.90. The summed E-state index contributed by atoms with van der Waals surface area (Å²) in [5.41, 5.74) is -2.13. The molecule has 12 heteroatoms. The molecule has 0 bridgehead atoms. The van der Waals surface area contributed by atoms with Crippen molar-refractivity contribution < 1.29 is 35.9 Å². The summed E-state index contributed by atoms with van der Waals surface area (Å²) < 4.78 is 81.1. The van der Waals surface area contributed by atoms with Gasteiger partial charge in [-0.05, 0) is 36.4 Å². The number of rotatable bonds is 3. The Bertz CT molecular complexity index is 1360. The van der Waals surface area contributed by atoms with Gasteiger partial charge in [0.15, 0.2) is 0 Å². The van der Waals surface area contributed by atoms with E-state index in [0.29, 0.717) is 22.7 Å². The van der Waals surface area contributed by atoms with Crippen molar-refractivity contribution in [3.63, 3.8) is 0 Å². The SMILES string of the molecule is O=C(Nc1cc(Br)cc2c1[C@H](c1cc(F)cc(F)c1Cl)NC2=O)c1cc(F)cc(C(F)(F)F)c1. The van der Waals surface area contributed by atoms with Crippen molar-refractivity contribution in [3.8, 4) is 0 Å². The highest BCUT2D eigenvalue weighted by Crippen LogP contribution is 2.41. The molecule has 4 nitrogen and oxygen atoms in total. The first-order valence-electron chi connectivity index (χ1n) is 9.33. The second-order valence-corrected chi connectivity index (χ2v) is 8.59. The van der Waals surface area contributed by atoms with Gasteiger partial charge >= 0.3 is 6.18 Å². The highest BCUT2D eigenvalue weighted by molar-refractivity contribution is 9.10. The molecule has 0 spiro atoms. The molecule has 0 saturated carbocycles. The summed E-state index contributed by atoms with van der Waals surface area (Å²) in [5, 5.41) is 4.39. The number of nitrogens with one attached hydrogen (secondary N) is 2. The van der Waals surface area contributed by atoms with Gasteiger partial charge in [0.1, 0.15) is 17.5 Å². The fourth-order valence-electron chi connectivity index (χ4n) is 3.60. The van der Waals surface area contributed by atoms with E-state index in [0.717, 1.165) is 6.07 Å². The Hall–Kier alpha value is -3.05. The van der Waals surface area contributed by atoms with Gasteiger partial charge < -0.3 is 10.6 Å². The number of alkyl halides is 3. The molecule has 0 aliphatic carbocycles. The Balaban J connectivity index is 1.80. The van der Waals surface area contributed by atoms with Crippen LogP contribution < -0.4 is 10.6 Å². The Morgan fingerprint density at radius 1 is 1.00 bits per heavy atom. The van der Waals surface area contributed by atoms with Crippen LogP contribution in [0.2, 0.25) is 5.02 Å². The van der Waals surface area contributed by atoms with E-state index in [1.165, 1.54) is 12.1 Å². The molecule has 0 aromatic heterocycles. The predicted octanol–water partition coefficient (Wildman–Crippen LogP) is 6.62. The Kier molecular flexibility index (Phi) is 6.11. The van der Waals surface area contributed by atoms with Crippen molar-refractivity contribution in [1.29, 1.82) is 0 Å². The van der Waals surface area contributed by atoms with Gasteiger partial charge in [0.05, 0.1) is 16.6 Å². The summed E-state index contributed by atoms with van der Waals surface area (Å²) in [5.74, 6) is -5.10. The molecule has 0 saturated heterocycles. The van der Waals surface area contributed by atoms with E-state index in [1.807, 2.05) is 0 Å². The molecule has 3 aromatic carbocycles. The maximum atomic E-state index is 14.0. The second-order valence-electron chi connectivity index (χ2n) is 7.29. The van der Waals surface area contributed by atoms with Gasteiger partial charge in [-0.1, -0.05) is 27.5 Å². The van der Waals surface area contributed by atoms with Gasteiger partial charge in [-0.3, -0.25) is 9.59 Å². The van der Waals surface area contributed by atoms with Crippen LogP contribution >= 0.6 is 27.5 Å². The van der Waals surface area contributed by atoms with Crippen LogP contribution in [-0.2, 0) is 6.18 Å². The molecular formula is C22H10BrClF6N2O2. The Morgan fingerprint density at radius 3 is 2.35 bits per heavy atom. The van der Waals surface area contributed by atoms with Gasteiger partial charge in [-0.15, -0.1) is 0 Å². The van der Waals surface area contributed by atoms with Crippen LogP contribution in [0.1, 0.15) is 43.4 Å². The highest BCUT2D eigenvalue weighted by Gasteiger charge is 2.36. The fourth-order valence-corrected chi connectivity index (χ4v) is 4.28. The lowest BCUT2D eigenvalue weighted by atomic mass is 9.96. The number of amides is 2. The van der Waals surface area contributed by atoms with Crippen LogP contribution in [0.15, 0.2) is 46.9 Å². The third kappa shape index (κ3) is 4.49. The molecule has 1 heterocycles. The van der Waals surface area contributed by atoms with E-state index < -0.39 is 57.6 Å². The van der Waals surface area contributed by atoms with Crippen molar-refractivity contribution in [3.05, 3.63) is 97.2 Å². The number of halogens is 8. The summed E-state index contributed by atoms with van der Waals surface area (Å²) in [6.45, 7) is 0. The zero-order valence-corrected chi connectivity index (χ0v) is 18.8. The smallest absolute Gasteiger partial charge is 0.341 e. The number of carbonyl (C=O) groups is 2. The summed E-state index contributed by atoms with van der Waals surface area (Å²) in [7, 11) is 0. The standard InChI is InChI=1S/C22H10BrClF6N2O2/c23-10-4-13-17(19(32-21(13)34)14-6-12(26)7-15(27)18(14)24)16(5-10)31-20(33)8-1-9(22(28,29)30)3-11(25)2-8/h1-7,19H,(H,31,33)(H,32,34)/t19-/m0/s1. The van der Waals surface area contributed by atoms with Crippen LogP contribution in [0.25, 0.3) is 0 Å². The van der Waals surface area contributed by atoms with Gasteiger partial charge in [0.25, 0.3) is 11.8 Å². The number of hydrogen-bond acceptors (Lipinski definition) is 2. The average Bonchev–Trinajstić information content (AvgIpc) is 3.06. The van der Waals surface area contributed by atoms with E-state index in [2.05, 4.69) is 26.6 Å². The zero-order chi connectivity index (χ0) is 24.9. The largest absolute Gasteiger partial charge is 0.416 e. The van der Waals surface area contributed by atoms with Crippen LogP contribution in [0, 0.1) is 17.5 Å².